The summed E-state index contributed by atoms with van der Waals surface area (Å²) in [5.74, 6) is 0. The van der Waals surface area contributed by atoms with E-state index in [0.29, 0.717) is 0 Å². The zero-order chi connectivity index (χ0) is 2.71. The van der Waals surface area contributed by atoms with Gasteiger partial charge in [0.25, 0.3) is 0 Å². The van der Waals surface area contributed by atoms with E-state index in [1.165, 1.54) is 4.91 Å². The zero-order valence-corrected chi connectivity index (χ0v) is 20.0. The predicted molar refractivity (Wildman–Crippen MR) is 10.1 cm³/mol. The van der Waals surface area contributed by atoms with Crippen molar-refractivity contribution >= 4 is 0 Å². The molecule has 0 amide bonds. The molecule has 0 fully saturated rings. The van der Waals surface area contributed by atoms with Crippen molar-refractivity contribution in [3.05, 3.63) is 16.0 Å². The minimum Gasteiger partial charge on any atom is -0.373 e. The van der Waals surface area contributed by atoms with Crippen molar-refractivity contribution < 1.29 is 124 Å². The van der Waals surface area contributed by atoms with Gasteiger partial charge in [0, 0.05) is 124 Å². The third-order valence-corrected chi connectivity index (χ3v) is 0. The molecule has 0 atom stereocenters. The van der Waals surface area contributed by atoms with Crippen LogP contribution in [0.15, 0.2) is 0 Å². The van der Waals surface area contributed by atoms with Gasteiger partial charge in [-0.15, -0.1) is 0 Å². The maximum atomic E-state index is 6.75. The minimum absolute atomic E-state index is 0. The Kier molecular flexibility index (Phi) is 151. The smallest absolute Gasteiger partial charge is 0 e. The summed E-state index contributed by atoms with van der Waals surface area (Å²) in [7, 11) is 0. The molecule has 0 saturated heterocycles. The Bertz CT molecular complexity index is 27.9. The van der Waals surface area contributed by atoms with Crippen LogP contribution in [-0.4, -0.2) is 0 Å². The summed E-state index contributed by atoms with van der Waals surface area (Å²) in [6, 6.07) is 0. The molecule has 0 N–H and O–H groups in total. The van der Waals surface area contributed by atoms with Crippen LogP contribution in [0.25, 0.3) is 16.0 Å². The molecule has 32 valence electrons. The second-order valence-corrected chi connectivity index (χ2v) is 0.0894. The van der Waals surface area contributed by atoms with Gasteiger partial charge in [-0.05, 0) is 0 Å². The van der Waals surface area contributed by atoms with Crippen LogP contribution in [0.3, 0.4) is 0 Å². The summed E-state index contributed by atoms with van der Waals surface area (Å²) in [6.45, 7) is 0. The van der Waals surface area contributed by atoms with Crippen molar-refractivity contribution in [2.24, 2.45) is 0 Å². The quantitative estimate of drug-likeness (QED) is 0.197. The summed E-state index contributed by atoms with van der Waals surface area (Å²) < 4.78 is 0. The molecule has 0 saturated carbocycles. The van der Waals surface area contributed by atoms with Gasteiger partial charge in [0.2, 0.25) is 0 Å². The van der Waals surface area contributed by atoms with Gasteiger partial charge in [-0.25, -0.2) is 0 Å². The second-order valence-electron chi connectivity index (χ2n) is 0.0894. The maximum Gasteiger partial charge on any atom is 0 e. The molecule has 7 heteroatoms. The van der Waals surface area contributed by atoms with Crippen LogP contribution in [-0.2, 0) is 0 Å². The van der Waals surface area contributed by atoms with Crippen molar-refractivity contribution in [3.63, 3.8) is 0 Å². The van der Waals surface area contributed by atoms with Crippen LogP contribution in [0.1, 0.15) is 0 Å². The maximum absolute atomic E-state index is 6.75. The normalized spacial score (nSPS) is 1.14. The summed E-state index contributed by atoms with van der Waals surface area (Å²) >= 11 is 0. The Labute approximate surface area is 137 Å². The van der Waals surface area contributed by atoms with Crippen molar-refractivity contribution in [1.82, 2.24) is 0 Å². The van der Waals surface area contributed by atoms with Gasteiger partial charge in [-0.1, -0.05) is 0 Å². The molecule has 0 rings (SSSR count). The van der Waals surface area contributed by atoms with E-state index in [1.54, 1.807) is 0 Å². The van der Waals surface area contributed by atoms with Gasteiger partial charge >= 0.3 is 0 Å². The largest absolute Gasteiger partial charge is 0.373 e. The van der Waals surface area contributed by atoms with E-state index in [9.17, 15) is 0 Å². The molecular formula is N3U4-. The summed E-state index contributed by atoms with van der Waals surface area (Å²) in [4.78, 5) is 1.50. The van der Waals surface area contributed by atoms with E-state index in [4.69, 9.17) is 11.1 Å². The average molecular weight is 994 g/mol. The molecule has 0 spiro atoms. The van der Waals surface area contributed by atoms with Crippen molar-refractivity contribution in [3.8, 4) is 0 Å². The first-order valence-electron chi connectivity index (χ1n) is 0.400. The Morgan fingerprint density at radius 1 is 0.714 bits per heavy atom. The fraction of sp³-hybridized carbons (Fsp3) is 0. The van der Waals surface area contributed by atoms with E-state index in [0.717, 1.165) is 0 Å². The molecule has 0 aliphatic rings. The van der Waals surface area contributed by atoms with Crippen LogP contribution in [0, 0.1) is 124 Å². The van der Waals surface area contributed by atoms with Crippen molar-refractivity contribution in [2.45, 2.75) is 0 Å². The van der Waals surface area contributed by atoms with Gasteiger partial charge < -0.3 is 11.1 Å². The molecule has 0 radical (unpaired) electrons. The summed E-state index contributed by atoms with van der Waals surface area (Å²) in [5, 5.41) is 0. The van der Waals surface area contributed by atoms with Crippen molar-refractivity contribution in [1.29, 1.82) is 0 Å². The fourth-order valence-corrected chi connectivity index (χ4v) is 0. The average Bonchev–Trinajstić information content (AvgIpc) is 0.918. The molecule has 0 unspecified atom stereocenters. The molecule has 3 nitrogen and oxygen atoms in total. The van der Waals surface area contributed by atoms with Crippen LogP contribution in [0.2, 0.25) is 0 Å². The summed E-state index contributed by atoms with van der Waals surface area (Å²) in [5.41, 5.74) is 13.5. The van der Waals surface area contributed by atoms with Crippen LogP contribution < -0.4 is 0 Å². The molecule has 0 aliphatic carbocycles. The van der Waals surface area contributed by atoms with E-state index in [1.807, 2.05) is 0 Å². The Hall–Kier alpha value is 3.52. The van der Waals surface area contributed by atoms with E-state index >= 15 is 0 Å². The first-order chi connectivity index (χ1) is 1.41. The molecule has 0 aromatic heterocycles. The molecule has 0 bridgehead atoms. The second kappa shape index (κ2) is 33.8. The van der Waals surface area contributed by atoms with Gasteiger partial charge in [0.1, 0.15) is 0 Å². The van der Waals surface area contributed by atoms with Gasteiger partial charge in [-0.2, -0.15) is 0 Å². The molecule has 7 heavy (non-hydrogen) atoms. The van der Waals surface area contributed by atoms with E-state index in [2.05, 4.69) is 0 Å². The number of nitrogens with zero attached hydrogens (tertiary/aromatic N) is 3. The first kappa shape index (κ1) is 31.3. The Morgan fingerprint density at radius 2 is 0.714 bits per heavy atom. The minimum atomic E-state index is 0. The number of rotatable bonds is 0. The van der Waals surface area contributed by atoms with Gasteiger partial charge in [0.05, 0.1) is 0 Å². The predicted octanol–water partition coefficient (Wildman–Crippen LogP) is 0.866. The first-order valence-corrected chi connectivity index (χ1v) is 0.400. The number of hydrogen-bond donors (Lipinski definition) is 0. The standard InChI is InChI=1S/N3.4U/c1-3-2;;;;/q-1;;;;. The Morgan fingerprint density at radius 3 is 0.714 bits per heavy atom. The van der Waals surface area contributed by atoms with Crippen LogP contribution in [0.4, 0.5) is 0 Å². The van der Waals surface area contributed by atoms with Crippen LogP contribution >= 0.6 is 0 Å². The van der Waals surface area contributed by atoms with Crippen LogP contribution in [0.5, 0.6) is 0 Å². The van der Waals surface area contributed by atoms with Gasteiger partial charge in [-0.3, -0.25) is 4.91 Å². The number of hydrogen-bond acceptors (Lipinski definition) is 0. The molecular weight excluding hydrogens is 994 g/mol. The van der Waals surface area contributed by atoms with Crippen molar-refractivity contribution in [2.75, 3.05) is 0 Å². The fourth-order valence-electron chi connectivity index (χ4n) is 0. The summed E-state index contributed by atoms with van der Waals surface area (Å²) in [6.07, 6.45) is 0. The SMILES string of the molecule is [N-]=[N+]=[N-].[U].[U].[U].[U]. The van der Waals surface area contributed by atoms with E-state index in [-0.39, 0.29) is 124 Å². The topological polar surface area (TPSA) is 58.7 Å². The van der Waals surface area contributed by atoms with Gasteiger partial charge in [0.15, 0.2) is 0 Å². The van der Waals surface area contributed by atoms with E-state index < -0.39 is 0 Å². The molecule has 0 aromatic rings. The molecule has 0 aromatic carbocycles. The zero-order valence-electron chi connectivity index (χ0n) is 3.34. The monoisotopic (exact) mass is 994 g/mol. The molecule has 0 aliphatic heterocycles. The Balaban J connectivity index is -0.00000000333. The third-order valence-electron chi connectivity index (χ3n) is 0. The third kappa shape index (κ3) is 43.5. The molecule has 0 heterocycles.